The second-order valence-corrected chi connectivity index (χ2v) is 5.61. The summed E-state index contributed by atoms with van der Waals surface area (Å²) in [6, 6.07) is 18.1. The molecule has 0 radical (unpaired) electrons. The van der Waals surface area contributed by atoms with Crippen LogP contribution in [0.15, 0.2) is 66.6 Å². The van der Waals surface area contributed by atoms with E-state index in [1.54, 1.807) is 0 Å². The Bertz CT molecular complexity index is 651. The van der Waals surface area contributed by atoms with E-state index in [4.69, 9.17) is 22.7 Å². The van der Waals surface area contributed by atoms with E-state index in [1.807, 2.05) is 48.5 Å². The zero-order valence-corrected chi connectivity index (χ0v) is 14.1. The first kappa shape index (κ1) is 17.0. The average molecular weight is 326 g/mol. The highest BCUT2D eigenvalue weighted by atomic mass is 32.1. The van der Waals surface area contributed by atoms with Gasteiger partial charge >= 0.3 is 0 Å². The Morgan fingerprint density at radius 1 is 1.09 bits per heavy atom. The molecule has 2 aromatic rings. The number of thiocarbonyl (C=S) groups is 1. The van der Waals surface area contributed by atoms with Gasteiger partial charge in [0, 0.05) is 12.1 Å². The van der Waals surface area contributed by atoms with Crippen LogP contribution in [0.3, 0.4) is 0 Å². The number of hydrogen-bond donors (Lipinski definition) is 2. The van der Waals surface area contributed by atoms with Crippen LogP contribution in [0, 0.1) is 0 Å². The second-order valence-electron chi connectivity index (χ2n) is 5.17. The molecule has 0 amide bonds. The van der Waals surface area contributed by atoms with Gasteiger partial charge in [-0.25, -0.2) is 0 Å². The van der Waals surface area contributed by atoms with E-state index >= 15 is 0 Å². The van der Waals surface area contributed by atoms with Gasteiger partial charge in [-0.2, -0.15) is 0 Å². The van der Waals surface area contributed by atoms with Crippen molar-refractivity contribution in [3.63, 3.8) is 0 Å². The molecule has 0 heterocycles. The molecular formula is C19H22N2OS. The monoisotopic (exact) mass is 326 g/mol. The highest BCUT2D eigenvalue weighted by molar-refractivity contribution is 7.80. The molecule has 0 aromatic heterocycles. The molecule has 0 fully saturated rings. The second kappa shape index (κ2) is 8.96. The minimum Gasteiger partial charge on any atom is -0.475 e. The van der Waals surface area contributed by atoms with E-state index in [0.717, 1.165) is 30.0 Å². The Morgan fingerprint density at radius 2 is 1.78 bits per heavy atom. The summed E-state index contributed by atoms with van der Waals surface area (Å²) in [7, 11) is 0. The summed E-state index contributed by atoms with van der Waals surface area (Å²) >= 11 is 4.95. The Balaban J connectivity index is 1.89. The predicted molar refractivity (Wildman–Crippen MR) is 98.8 cm³/mol. The van der Waals surface area contributed by atoms with Gasteiger partial charge in [-0.15, -0.1) is 0 Å². The first-order valence-electron chi connectivity index (χ1n) is 7.68. The number of allylic oxidation sites excluding steroid dienone is 1. The zero-order chi connectivity index (χ0) is 16.5. The molecule has 2 rings (SSSR count). The zero-order valence-electron chi connectivity index (χ0n) is 13.3. The predicted octanol–water partition coefficient (Wildman–Crippen LogP) is 3.88. The van der Waals surface area contributed by atoms with Crippen LogP contribution < -0.4 is 11.1 Å². The summed E-state index contributed by atoms with van der Waals surface area (Å²) in [5, 5.41) is 3.33. The van der Waals surface area contributed by atoms with Crippen LogP contribution in [-0.4, -0.2) is 4.99 Å². The molecule has 0 bridgehead atoms. The van der Waals surface area contributed by atoms with E-state index in [-0.39, 0.29) is 0 Å². The standard InChI is InChI=1S/C19H22N2OS/c1-2-6-18(21-13-15-7-4-3-5-8-15)22-14-16-9-11-17(12-10-16)19(20)23/h3-12,21H,2,13-14H2,1H3,(H2,20,23). The summed E-state index contributed by atoms with van der Waals surface area (Å²) in [6.45, 7) is 3.34. The summed E-state index contributed by atoms with van der Waals surface area (Å²) in [6.07, 6.45) is 2.96. The fraction of sp³-hybridized carbons (Fsp3) is 0.211. The lowest BCUT2D eigenvalue weighted by Gasteiger charge is -2.13. The minimum atomic E-state index is 0.411. The van der Waals surface area contributed by atoms with Crippen molar-refractivity contribution < 1.29 is 4.74 Å². The van der Waals surface area contributed by atoms with E-state index in [1.165, 1.54) is 5.56 Å². The number of nitrogens with two attached hydrogens (primary N) is 1. The lowest BCUT2D eigenvalue weighted by Crippen LogP contribution is -2.15. The number of nitrogens with one attached hydrogen (secondary N) is 1. The van der Waals surface area contributed by atoms with Gasteiger partial charge in [-0.1, -0.05) is 73.7 Å². The van der Waals surface area contributed by atoms with E-state index in [9.17, 15) is 0 Å². The van der Waals surface area contributed by atoms with Gasteiger partial charge in [0.25, 0.3) is 0 Å². The molecular weight excluding hydrogens is 304 g/mol. The minimum absolute atomic E-state index is 0.411. The molecule has 4 heteroatoms. The van der Waals surface area contributed by atoms with Crippen LogP contribution in [0.4, 0.5) is 0 Å². The summed E-state index contributed by atoms with van der Waals surface area (Å²) < 4.78 is 5.88. The van der Waals surface area contributed by atoms with Crippen molar-refractivity contribution >= 4 is 17.2 Å². The number of benzene rings is 2. The van der Waals surface area contributed by atoms with E-state index in [2.05, 4.69) is 24.4 Å². The summed E-state index contributed by atoms with van der Waals surface area (Å²) in [5.74, 6) is 0.801. The first-order chi connectivity index (χ1) is 11.2. The van der Waals surface area contributed by atoms with Gasteiger partial charge in [0.2, 0.25) is 0 Å². The van der Waals surface area contributed by atoms with E-state index < -0.39 is 0 Å². The number of hydrogen-bond acceptors (Lipinski definition) is 3. The maximum absolute atomic E-state index is 5.88. The van der Waals surface area contributed by atoms with Gasteiger partial charge < -0.3 is 15.8 Å². The van der Waals surface area contributed by atoms with Crippen LogP contribution in [0.25, 0.3) is 0 Å². The third-order valence-electron chi connectivity index (χ3n) is 3.33. The molecule has 3 N–H and O–H groups in total. The Morgan fingerprint density at radius 3 is 2.39 bits per heavy atom. The molecule has 3 nitrogen and oxygen atoms in total. The normalized spacial score (nSPS) is 11.1. The Labute approximate surface area is 143 Å². The molecule has 0 aliphatic heterocycles. The van der Waals surface area contributed by atoms with Crippen molar-refractivity contribution in [2.75, 3.05) is 0 Å². The fourth-order valence-corrected chi connectivity index (χ4v) is 2.21. The van der Waals surface area contributed by atoms with Crippen LogP contribution in [0.1, 0.15) is 30.0 Å². The van der Waals surface area contributed by atoms with Gasteiger partial charge in [0.05, 0.1) is 0 Å². The highest BCUT2D eigenvalue weighted by Gasteiger charge is 2.01. The molecule has 0 aliphatic carbocycles. The van der Waals surface area contributed by atoms with Crippen molar-refractivity contribution in [1.82, 2.24) is 5.32 Å². The molecule has 0 unspecified atom stereocenters. The SMILES string of the molecule is CCC=C(NCc1ccccc1)OCc1ccc(C(N)=S)cc1. The van der Waals surface area contributed by atoms with Gasteiger partial charge in [-0.3, -0.25) is 0 Å². The Kier molecular flexibility index (Phi) is 6.63. The van der Waals surface area contributed by atoms with Crippen molar-refractivity contribution in [3.05, 3.63) is 83.2 Å². The molecule has 0 spiro atoms. The summed E-state index contributed by atoms with van der Waals surface area (Å²) in [5.41, 5.74) is 8.77. The van der Waals surface area contributed by atoms with Crippen LogP contribution in [-0.2, 0) is 17.9 Å². The van der Waals surface area contributed by atoms with Crippen molar-refractivity contribution in [2.45, 2.75) is 26.5 Å². The van der Waals surface area contributed by atoms with Gasteiger partial charge in [0.1, 0.15) is 11.6 Å². The quantitative estimate of drug-likeness (QED) is 0.571. The maximum Gasteiger partial charge on any atom is 0.183 e. The molecule has 23 heavy (non-hydrogen) atoms. The lowest BCUT2D eigenvalue weighted by atomic mass is 10.1. The summed E-state index contributed by atoms with van der Waals surface area (Å²) in [4.78, 5) is 0.411. The van der Waals surface area contributed by atoms with E-state index in [0.29, 0.717) is 11.6 Å². The van der Waals surface area contributed by atoms with Crippen LogP contribution in [0.5, 0.6) is 0 Å². The average Bonchev–Trinajstić information content (AvgIpc) is 2.58. The molecule has 0 saturated carbocycles. The van der Waals surface area contributed by atoms with Gasteiger partial charge in [0.15, 0.2) is 5.88 Å². The molecule has 0 saturated heterocycles. The topological polar surface area (TPSA) is 47.3 Å². The Hall–Kier alpha value is -2.33. The fourth-order valence-electron chi connectivity index (χ4n) is 2.08. The maximum atomic E-state index is 5.88. The molecule has 0 aliphatic rings. The number of ether oxygens (including phenoxy) is 1. The first-order valence-corrected chi connectivity index (χ1v) is 8.09. The van der Waals surface area contributed by atoms with Crippen molar-refractivity contribution in [2.24, 2.45) is 5.73 Å². The molecule has 120 valence electrons. The van der Waals surface area contributed by atoms with Crippen molar-refractivity contribution in [3.8, 4) is 0 Å². The molecule has 0 atom stereocenters. The van der Waals surface area contributed by atoms with Gasteiger partial charge in [-0.05, 0) is 23.6 Å². The van der Waals surface area contributed by atoms with Crippen LogP contribution >= 0.6 is 12.2 Å². The largest absolute Gasteiger partial charge is 0.475 e. The molecule has 2 aromatic carbocycles. The third kappa shape index (κ3) is 5.75. The van der Waals surface area contributed by atoms with Crippen molar-refractivity contribution in [1.29, 1.82) is 0 Å². The third-order valence-corrected chi connectivity index (χ3v) is 3.57. The highest BCUT2D eigenvalue weighted by Crippen LogP contribution is 2.09. The number of rotatable bonds is 8. The smallest absolute Gasteiger partial charge is 0.183 e. The van der Waals surface area contributed by atoms with Crippen LogP contribution in [0.2, 0.25) is 0 Å². The lowest BCUT2D eigenvalue weighted by molar-refractivity contribution is 0.175.